The van der Waals surface area contributed by atoms with Gasteiger partial charge in [0, 0.05) is 39.3 Å². The summed E-state index contributed by atoms with van der Waals surface area (Å²) in [7, 11) is 2.18. The van der Waals surface area contributed by atoms with Crippen molar-refractivity contribution in [2.75, 3.05) is 92.5 Å². The predicted octanol–water partition coefficient (Wildman–Crippen LogP) is -0.107. The number of piperazine rings is 1. The third-order valence-corrected chi connectivity index (χ3v) is 3.56. The molecule has 1 aliphatic rings. The first-order chi connectivity index (χ1) is 10.3. The average Bonchev–Trinajstić information content (AvgIpc) is 2.50. The fourth-order valence-electron chi connectivity index (χ4n) is 2.13. The first kappa shape index (κ1) is 18.8. The van der Waals surface area contributed by atoms with Crippen molar-refractivity contribution < 1.29 is 14.2 Å². The van der Waals surface area contributed by atoms with Gasteiger partial charge in [-0.2, -0.15) is 0 Å². The fraction of sp³-hybridized carbons (Fsp3) is 1.00. The van der Waals surface area contributed by atoms with Crippen LogP contribution in [0, 0.1) is 0 Å². The Kier molecular flexibility index (Phi) is 12.0. The summed E-state index contributed by atoms with van der Waals surface area (Å²) in [6.07, 6.45) is 0. The topological polar surface area (TPSA) is 46.2 Å². The molecule has 0 aromatic carbocycles. The number of nitrogens with zero attached hydrogens (tertiary/aromatic N) is 2. The third kappa shape index (κ3) is 11.0. The molecule has 6 nitrogen and oxygen atoms in total. The number of nitrogens with one attached hydrogen (secondary N) is 1. The van der Waals surface area contributed by atoms with E-state index in [-0.39, 0.29) is 0 Å². The molecule has 1 N–H and O–H groups in total. The summed E-state index contributed by atoms with van der Waals surface area (Å²) in [5.74, 6) is 0. The molecule has 126 valence electrons. The molecule has 1 aliphatic heterocycles. The van der Waals surface area contributed by atoms with Crippen LogP contribution in [0.15, 0.2) is 0 Å². The van der Waals surface area contributed by atoms with Gasteiger partial charge in [0.1, 0.15) is 0 Å². The van der Waals surface area contributed by atoms with Crippen molar-refractivity contribution in [1.29, 1.82) is 0 Å². The fourth-order valence-corrected chi connectivity index (χ4v) is 2.13. The van der Waals surface area contributed by atoms with Crippen molar-refractivity contribution in [1.82, 2.24) is 15.1 Å². The molecule has 0 aromatic rings. The first-order valence-electron chi connectivity index (χ1n) is 8.17. The van der Waals surface area contributed by atoms with E-state index in [9.17, 15) is 0 Å². The Morgan fingerprint density at radius 2 is 1.38 bits per heavy atom. The van der Waals surface area contributed by atoms with Crippen LogP contribution in [-0.2, 0) is 14.2 Å². The zero-order chi connectivity index (χ0) is 15.2. The van der Waals surface area contributed by atoms with Gasteiger partial charge in [-0.05, 0) is 13.6 Å². The minimum absolute atomic E-state index is 0.647. The second-order valence-corrected chi connectivity index (χ2v) is 5.34. The van der Waals surface area contributed by atoms with Crippen LogP contribution in [0.5, 0.6) is 0 Å². The molecule has 0 unspecified atom stereocenters. The van der Waals surface area contributed by atoms with Crippen LogP contribution in [0.2, 0.25) is 0 Å². The summed E-state index contributed by atoms with van der Waals surface area (Å²) in [5.41, 5.74) is 0. The van der Waals surface area contributed by atoms with Gasteiger partial charge in [0.15, 0.2) is 0 Å². The van der Waals surface area contributed by atoms with E-state index in [1.165, 1.54) is 0 Å². The van der Waals surface area contributed by atoms with Crippen LogP contribution in [0.3, 0.4) is 0 Å². The van der Waals surface area contributed by atoms with Crippen molar-refractivity contribution >= 4 is 0 Å². The quantitative estimate of drug-likeness (QED) is 0.479. The Morgan fingerprint density at radius 1 is 0.810 bits per heavy atom. The number of likely N-dealkylation sites (N-methyl/N-ethyl adjacent to an activating group) is 2. The van der Waals surface area contributed by atoms with Crippen LogP contribution < -0.4 is 5.32 Å². The Hall–Kier alpha value is -0.240. The second kappa shape index (κ2) is 13.4. The van der Waals surface area contributed by atoms with E-state index in [4.69, 9.17) is 14.2 Å². The zero-order valence-electron chi connectivity index (χ0n) is 13.8. The molecule has 0 spiro atoms. The monoisotopic (exact) mass is 303 g/mol. The first-order valence-corrected chi connectivity index (χ1v) is 8.17. The van der Waals surface area contributed by atoms with Crippen LogP contribution in [-0.4, -0.2) is 102 Å². The minimum atomic E-state index is 0.647. The summed E-state index contributed by atoms with van der Waals surface area (Å²) < 4.78 is 16.5. The standard InChI is InChI=1S/C15H33N3O3/c1-3-16-4-10-19-12-14-21-15-13-20-11-9-18-7-5-17(2)6-8-18/h16H,3-15H2,1-2H3. The second-order valence-electron chi connectivity index (χ2n) is 5.34. The van der Waals surface area contributed by atoms with Gasteiger partial charge in [0.25, 0.3) is 0 Å². The van der Waals surface area contributed by atoms with Crippen molar-refractivity contribution in [2.24, 2.45) is 0 Å². The summed E-state index contributed by atoms with van der Waals surface area (Å²) in [6.45, 7) is 13.8. The van der Waals surface area contributed by atoms with Crippen LogP contribution in [0.1, 0.15) is 6.92 Å². The molecule has 0 amide bonds. The third-order valence-electron chi connectivity index (χ3n) is 3.56. The van der Waals surface area contributed by atoms with E-state index in [0.29, 0.717) is 26.4 Å². The minimum Gasteiger partial charge on any atom is -0.378 e. The smallest absolute Gasteiger partial charge is 0.0701 e. The van der Waals surface area contributed by atoms with E-state index in [0.717, 1.165) is 59.0 Å². The lowest BCUT2D eigenvalue weighted by Crippen LogP contribution is -2.45. The molecule has 0 atom stereocenters. The summed E-state index contributed by atoms with van der Waals surface area (Å²) in [4.78, 5) is 4.82. The van der Waals surface area contributed by atoms with Gasteiger partial charge in [0.05, 0.1) is 39.6 Å². The molecule has 0 aliphatic carbocycles. The number of hydrogen-bond donors (Lipinski definition) is 1. The Balaban J connectivity index is 1.73. The summed E-state index contributed by atoms with van der Waals surface area (Å²) in [5, 5.41) is 3.21. The highest BCUT2D eigenvalue weighted by atomic mass is 16.5. The van der Waals surface area contributed by atoms with Gasteiger partial charge in [-0.25, -0.2) is 0 Å². The van der Waals surface area contributed by atoms with Crippen LogP contribution >= 0.6 is 0 Å². The molecule has 0 aromatic heterocycles. The molecule has 1 heterocycles. The van der Waals surface area contributed by atoms with Gasteiger partial charge < -0.3 is 24.4 Å². The van der Waals surface area contributed by atoms with Gasteiger partial charge in [-0.1, -0.05) is 6.92 Å². The van der Waals surface area contributed by atoms with E-state index in [1.807, 2.05) is 0 Å². The largest absolute Gasteiger partial charge is 0.378 e. The lowest BCUT2D eigenvalue weighted by molar-refractivity contribution is 0.00900. The molecule has 0 radical (unpaired) electrons. The lowest BCUT2D eigenvalue weighted by atomic mass is 10.3. The van der Waals surface area contributed by atoms with E-state index >= 15 is 0 Å². The van der Waals surface area contributed by atoms with Crippen molar-refractivity contribution in [3.8, 4) is 0 Å². The molecule has 1 rings (SSSR count). The maximum Gasteiger partial charge on any atom is 0.0701 e. The average molecular weight is 303 g/mol. The van der Waals surface area contributed by atoms with Gasteiger partial charge in [-0.3, -0.25) is 4.90 Å². The SMILES string of the molecule is CCNCCOCCOCCOCCN1CCN(C)CC1. The Morgan fingerprint density at radius 3 is 2.00 bits per heavy atom. The van der Waals surface area contributed by atoms with Crippen molar-refractivity contribution in [2.45, 2.75) is 6.92 Å². The number of rotatable bonds is 13. The maximum atomic E-state index is 5.59. The lowest BCUT2D eigenvalue weighted by Gasteiger charge is -2.32. The predicted molar refractivity (Wildman–Crippen MR) is 84.9 cm³/mol. The number of hydrogen-bond acceptors (Lipinski definition) is 6. The summed E-state index contributed by atoms with van der Waals surface area (Å²) in [6, 6.07) is 0. The van der Waals surface area contributed by atoms with Crippen LogP contribution in [0.25, 0.3) is 0 Å². The summed E-state index contributed by atoms with van der Waals surface area (Å²) >= 11 is 0. The van der Waals surface area contributed by atoms with E-state index in [1.54, 1.807) is 0 Å². The Bertz CT molecular complexity index is 224. The molecular formula is C15H33N3O3. The number of ether oxygens (including phenoxy) is 3. The molecule has 0 bridgehead atoms. The molecule has 0 saturated carbocycles. The van der Waals surface area contributed by atoms with E-state index in [2.05, 4.69) is 29.1 Å². The maximum absolute atomic E-state index is 5.59. The van der Waals surface area contributed by atoms with Crippen molar-refractivity contribution in [3.63, 3.8) is 0 Å². The van der Waals surface area contributed by atoms with Gasteiger partial charge in [-0.15, -0.1) is 0 Å². The molecule has 21 heavy (non-hydrogen) atoms. The molecule has 1 saturated heterocycles. The van der Waals surface area contributed by atoms with Gasteiger partial charge in [0.2, 0.25) is 0 Å². The normalized spacial score (nSPS) is 17.4. The highest BCUT2D eigenvalue weighted by molar-refractivity contribution is 4.68. The molecule has 1 fully saturated rings. The zero-order valence-corrected chi connectivity index (χ0v) is 13.8. The molecule has 6 heteroatoms. The van der Waals surface area contributed by atoms with Crippen molar-refractivity contribution in [3.05, 3.63) is 0 Å². The van der Waals surface area contributed by atoms with Crippen LogP contribution in [0.4, 0.5) is 0 Å². The van der Waals surface area contributed by atoms with Gasteiger partial charge >= 0.3 is 0 Å². The highest BCUT2D eigenvalue weighted by Gasteiger charge is 2.12. The Labute approximate surface area is 129 Å². The molecular weight excluding hydrogens is 270 g/mol. The highest BCUT2D eigenvalue weighted by Crippen LogP contribution is 1.98. The van der Waals surface area contributed by atoms with E-state index < -0.39 is 0 Å².